The number of ether oxygens (including phenoxy) is 4. The van der Waals surface area contributed by atoms with Gasteiger partial charge in [0.2, 0.25) is 0 Å². The van der Waals surface area contributed by atoms with E-state index >= 15 is 0 Å². The molecule has 1 fully saturated rings. The summed E-state index contributed by atoms with van der Waals surface area (Å²) in [6.45, 7) is 11.2. The zero-order chi connectivity index (χ0) is 14.3. The van der Waals surface area contributed by atoms with Crippen LogP contribution in [0.2, 0.25) is 0 Å². The lowest BCUT2D eigenvalue weighted by Crippen LogP contribution is -2.30. The second-order valence-corrected chi connectivity index (χ2v) is 5.14. The fraction of sp³-hybridized carbons (Fsp3) is 0.786. The summed E-state index contributed by atoms with van der Waals surface area (Å²) in [5, 5.41) is 0. The highest BCUT2D eigenvalue weighted by Crippen LogP contribution is 2.17. The van der Waals surface area contributed by atoms with Gasteiger partial charge in [-0.2, -0.15) is 0 Å². The Labute approximate surface area is 114 Å². The maximum Gasteiger partial charge on any atom is 0.333 e. The molecule has 0 amide bonds. The fourth-order valence-electron chi connectivity index (χ4n) is 1.31. The van der Waals surface area contributed by atoms with Crippen molar-refractivity contribution in [3.05, 3.63) is 12.2 Å². The SMILES string of the molecule is C=C(C)C(=O)OCCCCOC(C)(C)OCC1CO1. The van der Waals surface area contributed by atoms with Crippen LogP contribution in [0.1, 0.15) is 33.6 Å². The largest absolute Gasteiger partial charge is 0.462 e. The molecule has 0 aromatic heterocycles. The lowest BCUT2D eigenvalue weighted by molar-refractivity contribution is -0.215. The summed E-state index contributed by atoms with van der Waals surface area (Å²) in [7, 11) is 0. The van der Waals surface area contributed by atoms with Gasteiger partial charge in [-0.1, -0.05) is 6.58 Å². The van der Waals surface area contributed by atoms with Crippen LogP contribution in [0.4, 0.5) is 0 Å². The van der Waals surface area contributed by atoms with Crippen LogP contribution in [0.5, 0.6) is 0 Å². The van der Waals surface area contributed by atoms with Gasteiger partial charge < -0.3 is 18.9 Å². The summed E-state index contributed by atoms with van der Waals surface area (Å²) >= 11 is 0. The summed E-state index contributed by atoms with van der Waals surface area (Å²) in [6, 6.07) is 0. The topological polar surface area (TPSA) is 57.3 Å². The number of hydrogen-bond donors (Lipinski definition) is 0. The molecule has 0 bridgehead atoms. The molecule has 0 saturated carbocycles. The van der Waals surface area contributed by atoms with Crippen LogP contribution in [-0.4, -0.2) is 44.3 Å². The molecule has 0 spiro atoms. The van der Waals surface area contributed by atoms with E-state index < -0.39 is 5.79 Å². The summed E-state index contributed by atoms with van der Waals surface area (Å²) in [5.41, 5.74) is 0.424. The van der Waals surface area contributed by atoms with Gasteiger partial charge in [0.1, 0.15) is 6.10 Å². The molecule has 1 heterocycles. The third-order valence-corrected chi connectivity index (χ3v) is 2.59. The van der Waals surface area contributed by atoms with Gasteiger partial charge in [-0.15, -0.1) is 0 Å². The molecule has 1 aliphatic heterocycles. The highest BCUT2D eigenvalue weighted by Gasteiger charge is 2.27. The Hall–Kier alpha value is -0.910. The maximum absolute atomic E-state index is 11.1. The highest BCUT2D eigenvalue weighted by molar-refractivity contribution is 5.86. The van der Waals surface area contributed by atoms with Gasteiger partial charge in [-0.3, -0.25) is 0 Å². The van der Waals surface area contributed by atoms with Crippen LogP contribution in [0.3, 0.4) is 0 Å². The molecule has 1 aliphatic rings. The average molecular weight is 272 g/mol. The van der Waals surface area contributed by atoms with Crippen molar-refractivity contribution in [1.82, 2.24) is 0 Å². The molecular weight excluding hydrogens is 248 g/mol. The second kappa shape index (κ2) is 7.62. The lowest BCUT2D eigenvalue weighted by Gasteiger charge is -2.25. The third-order valence-electron chi connectivity index (χ3n) is 2.59. The van der Waals surface area contributed by atoms with E-state index in [1.807, 2.05) is 13.8 Å². The number of rotatable bonds is 10. The van der Waals surface area contributed by atoms with E-state index in [1.165, 1.54) is 0 Å². The maximum atomic E-state index is 11.1. The first kappa shape index (κ1) is 16.1. The van der Waals surface area contributed by atoms with E-state index in [0.29, 0.717) is 25.4 Å². The number of carbonyl (C=O) groups is 1. The molecule has 0 aromatic carbocycles. The minimum atomic E-state index is -0.597. The number of carbonyl (C=O) groups excluding carboxylic acids is 1. The monoisotopic (exact) mass is 272 g/mol. The highest BCUT2D eigenvalue weighted by atomic mass is 16.7. The minimum Gasteiger partial charge on any atom is -0.462 e. The number of unbranched alkanes of at least 4 members (excludes halogenated alkanes) is 1. The molecule has 1 saturated heterocycles. The summed E-state index contributed by atoms with van der Waals surface area (Å²) < 4.78 is 21.3. The third kappa shape index (κ3) is 7.97. The van der Waals surface area contributed by atoms with Gasteiger partial charge in [-0.25, -0.2) is 4.79 Å². The van der Waals surface area contributed by atoms with Gasteiger partial charge >= 0.3 is 5.97 Å². The first-order chi connectivity index (χ1) is 8.91. The molecule has 1 rings (SSSR count). The Morgan fingerprint density at radius 2 is 1.95 bits per heavy atom. The molecule has 0 aliphatic carbocycles. The van der Waals surface area contributed by atoms with E-state index in [9.17, 15) is 4.79 Å². The predicted octanol–water partition coefficient (Wildman–Crippen LogP) is 2.05. The van der Waals surface area contributed by atoms with E-state index in [2.05, 4.69) is 6.58 Å². The summed E-state index contributed by atoms with van der Waals surface area (Å²) in [5.74, 6) is -0.936. The molecule has 19 heavy (non-hydrogen) atoms. The van der Waals surface area contributed by atoms with Crippen molar-refractivity contribution in [1.29, 1.82) is 0 Å². The molecule has 0 aromatic rings. The quantitative estimate of drug-likeness (QED) is 0.200. The molecule has 1 unspecified atom stereocenters. The molecule has 5 nitrogen and oxygen atoms in total. The first-order valence-electron chi connectivity index (χ1n) is 6.63. The van der Waals surface area contributed by atoms with Crippen molar-refractivity contribution in [3.63, 3.8) is 0 Å². The second-order valence-electron chi connectivity index (χ2n) is 5.14. The molecule has 1 atom stereocenters. The van der Waals surface area contributed by atoms with Gasteiger partial charge in [0, 0.05) is 5.57 Å². The Morgan fingerprint density at radius 3 is 2.53 bits per heavy atom. The Balaban J connectivity index is 1.96. The zero-order valence-electron chi connectivity index (χ0n) is 12.1. The standard InChI is InChI=1S/C14H24O5/c1-11(2)13(15)16-7-5-6-8-18-14(3,4)19-10-12-9-17-12/h12H,1,5-10H2,2-4H3. The molecular formula is C14H24O5. The summed E-state index contributed by atoms with van der Waals surface area (Å²) in [6.07, 6.45) is 1.82. The predicted molar refractivity (Wildman–Crippen MR) is 70.7 cm³/mol. The van der Waals surface area contributed by atoms with E-state index in [0.717, 1.165) is 19.4 Å². The first-order valence-corrected chi connectivity index (χ1v) is 6.63. The Kier molecular flexibility index (Phi) is 6.48. The van der Waals surface area contributed by atoms with Crippen molar-refractivity contribution >= 4 is 5.97 Å². The van der Waals surface area contributed by atoms with E-state index in [4.69, 9.17) is 18.9 Å². The van der Waals surface area contributed by atoms with Gasteiger partial charge in [-0.05, 0) is 33.6 Å². The number of hydrogen-bond acceptors (Lipinski definition) is 5. The van der Waals surface area contributed by atoms with E-state index in [1.54, 1.807) is 6.92 Å². The minimum absolute atomic E-state index is 0.240. The van der Waals surface area contributed by atoms with Crippen LogP contribution in [0.25, 0.3) is 0 Å². The zero-order valence-corrected chi connectivity index (χ0v) is 12.1. The molecule has 0 N–H and O–H groups in total. The molecule has 110 valence electrons. The number of esters is 1. The van der Waals surface area contributed by atoms with Crippen molar-refractivity contribution in [2.75, 3.05) is 26.4 Å². The van der Waals surface area contributed by atoms with Crippen molar-refractivity contribution in [2.24, 2.45) is 0 Å². The molecule has 0 radical (unpaired) electrons. The normalized spacial score (nSPS) is 18.2. The van der Waals surface area contributed by atoms with Crippen LogP contribution in [0.15, 0.2) is 12.2 Å². The smallest absolute Gasteiger partial charge is 0.333 e. The van der Waals surface area contributed by atoms with Crippen LogP contribution in [0, 0.1) is 0 Å². The van der Waals surface area contributed by atoms with Crippen LogP contribution >= 0.6 is 0 Å². The van der Waals surface area contributed by atoms with Crippen LogP contribution in [-0.2, 0) is 23.7 Å². The van der Waals surface area contributed by atoms with Gasteiger partial charge in [0.05, 0.1) is 26.4 Å². The van der Waals surface area contributed by atoms with Gasteiger partial charge in [0.15, 0.2) is 5.79 Å². The van der Waals surface area contributed by atoms with Crippen molar-refractivity contribution in [2.45, 2.75) is 45.5 Å². The average Bonchev–Trinajstić information content (AvgIpc) is 3.14. The molecule has 5 heteroatoms. The lowest BCUT2D eigenvalue weighted by atomic mass is 10.3. The van der Waals surface area contributed by atoms with E-state index in [-0.39, 0.29) is 12.1 Å². The van der Waals surface area contributed by atoms with Crippen molar-refractivity contribution < 1.29 is 23.7 Å². The summed E-state index contributed by atoms with van der Waals surface area (Å²) in [4.78, 5) is 11.1. The Bertz CT molecular complexity index is 307. The van der Waals surface area contributed by atoms with Crippen molar-refractivity contribution in [3.8, 4) is 0 Å². The fourth-order valence-corrected chi connectivity index (χ4v) is 1.31. The number of epoxide rings is 1. The Morgan fingerprint density at radius 1 is 1.32 bits per heavy atom. The van der Waals surface area contributed by atoms with Crippen LogP contribution < -0.4 is 0 Å². The van der Waals surface area contributed by atoms with Gasteiger partial charge in [0.25, 0.3) is 0 Å².